The maximum atomic E-state index is 8.83. The van der Waals surface area contributed by atoms with Gasteiger partial charge in [0.25, 0.3) is 0 Å². The Balaban J connectivity index is 2.54. The first-order valence-electron chi connectivity index (χ1n) is 6.12. The first-order chi connectivity index (χ1) is 8.52. The van der Waals surface area contributed by atoms with Crippen LogP contribution in [0, 0.1) is 11.3 Å². The Labute approximate surface area is 109 Å². The van der Waals surface area contributed by atoms with Crippen molar-refractivity contribution in [2.24, 2.45) is 0 Å². The fraction of sp³-hybridized carbons (Fsp3) is 0.235. The minimum atomic E-state index is 0.116. The van der Waals surface area contributed by atoms with Crippen LogP contribution in [0.5, 0.6) is 0 Å². The van der Waals surface area contributed by atoms with Gasteiger partial charge in [0.05, 0.1) is 11.6 Å². The molecule has 0 atom stereocenters. The lowest BCUT2D eigenvalue weighted by Crippen LogP contribution is -2.12. The molecule has 1 heteroatoms. The van der Waals surface area contributed by atoms with Crippen molar-refractivity contribution in [3.63, 3.8) is 0 Å². The third-order valence-corrected chi connectivity index (χ3v) is 3.06. The number of hydrogen-bond donors (Lipinski definition) is 0. The normalized spacial score (nSPS) is 11.0. The predicted molar refractivity (Wildman–Crippen MR) is 75.3 cm³/mol. The first-order valence-corrected chi connectivity index (χ1v) is 6.12. The summed E-state index contributed by atoms with van der Waals surface area (Å²) in [4.78, 5) is 0. The van der Waals surface area contributed by atoms with Crippen LogP contribution in [0.2, 0.25) is 0 Å². The largest absolute Gasteiger partial charge is 0.192 e. The van der Waals surface area contributed by atoms with E-state index in [0.717, 1.165) is 0 Å². The van der Waals surface area contributed by atoms with E-state index in [1.165, 1.54) is 16.7 Å². The maximum Gasteiger partial charge on any atom is 0.0991 e. The highest BCUT2D eigenvalue weighted by atomic mass is 14.2. The third kappa shape index (κ3) is 2.43. The van der Waals surface area contributed by atoms with E-state index in [1.54, 1.807) is 0 Å². The fourth-order valence-electron chi connectivity index (χ4n) is 2.11. The van der Waals surface area contributed by atoms with E-state index >= 15 is 0 Å². The summed E-state index contributed by atoms with van der Waals surface area (Å²) in [5.41, 5.74) is 4.56. The molecule has 0 bridgehead atoms. The standard InChI is InChI=1S/C17H17N/c1-17(2,3)16-7-5-4-6-15(16)14-10-8-13(12-18)9-11-14/h4-11H,1-3H3. The van der Waals surface area contributed by atoms with Gasteiger partial charge in [-0.25, -0.2) is 0 Å². The quantitative estimate of drug-likeness (QED) is 0.712. The summed E-state index contributed by atoms with van der Waals surface area (Å²) in [7, 11) is 0. The molecule has 0 radical (unpaired) electrons. The first kappa shape index (κ1) is 12.4. The van der Waals surface area contributed by atoms with Crippen LogP contribution in [0.15, 0.2) is 48.5 Å². The molecule has 0 saturated heterocycles. The number of nitrogens with zero attached hydrogens (tertiary/aromatic N) is 1. The van der Waals surface area contributed by atoms with Gasteiger partial charge in [-0.1, -0.05) is 57.2 Å². The van der Waals surface area contributed by atoms with Gasteiger partial charge in [0, 0.05) is 0 Å². The molecule has 0 heterocycles. The molecule has 90 valence electrons. The SMILES string of the molecule is CC(C)(C)c1ccccc1-c1ccc(C#N)cc1. The van der Waals surface area contributed by atoms with E-state index in [9.17, 15) is 0 Å². The summed E-state index contributed by atoms with van der Waals surface area (Å²) >= 11 is 0. The molecule has 0 unspecified atom stereocenters. The summed E-state index contributed by atoms with van der Waals surface area (Å²) in [5, 5.41) is 8.83. The lowest BCUT2D eigenvalue weighted by atomic mass is 9.82. The second-order valence-corrected chi connectivity index (χ2v) is 5.48. The molecule has 1 nitrogen and oxygen atoms in total. The van der Waals surface area contributed by atoms with Gasteiger partial charge < -0.3 is 0 Å². The van der Waals surface area contributed by atoms with Crippen molar-refractivity contribution in [2.75, 3.05) is 0 Å². The maximum absolute atomic E-state index is 8.83. The Morgan fingerprint density at radius 2 is 1.50 bits per heavy atom. The van der Waals surface area contributed by atoms with Crippen LogP contribution in [0.25, 0.3) is 11.1 Å². The van der Waals surface area contributed by atoms with Crippen molar-refractivity contribution in [3.8, 4) is 17.2 Å². The molecule has 2 rings (SSSR count). The van der Waals surface area contributed by atoms with Crippen molar-refractivity contribution in [2.45, 2.75) is 26.2 Å². The Bertz CT molecular complexity index is 580. The summed E-state index contributed by atoms with van der Waals surface area (Å²) in [5.74, 6) is 0. The van der Waals surface area contributed by atoms with Gasteiger partial charge in [-0.05, 0) is 34.2 Å². The highest BCUT2D eigenvalue weighted by Gasteiger charge is 2.17. The second-order valence-electron chi connectivity index (χ2n) is 5.48. The minimum absolute atomic E-state index is 0.116. The zero-order chi connectivity index (χ0) is 13.2. The molecule has 0 aliphatic rings. The molecule has 0 N–H and O–H groups in total. The van der Waals surface area contributed by atoms with Crippen molar-refractivity contribution >= 4 is 0 Å². The fourth-order valence-corrected chi connectivity index (χ4v) is 2.11. The number of nitriles is 1. The molecule has 0 aliphatic carbocycles. The molecule has 18 heavy (non-hydrogen) atoms. The van der Waals surface area contributed by atoms with Crippen LogP contribution in [0.3, 0.4) is 0 Å². The van der Waals surface area contributed by atoms with Crippen LogP contribution in [0.4, 0.5) is 0 Å². The Morgan fingerprint density at radius 3 is 2.06 bits per heavy atom. The van der Waals surface area contributed by atoms with Gasteiger partial charge in [-0.3, -0.25) is 0 Å². The molecule has 0 aliphatic heterocycles. The summed E-state index contributed by atoms with van der Waals surface area (Å²) in [6, 6.07) is 18.4. The van der Waals surface area contributed by atoms with Crippen molar-refractivity contribution in [1.29, 1.82) is 5.26 Å². The highest BCUT2D eigenvalue weighted by Crippen LogP contribution is 2.32. The Hall–Kier alpha value is -2.07. The van der Waals surface area contributed by atoms with Gasteiger partial charge in [0.2, 0.25) is 0 Å². The molecule has 2 aromatic carbocycles. The van der Waals surface area contributed by atoms with Crippen LogP contribution in [-0.2, 0) is 5.41 Å². The van der Waals surface area contributed by atoms with Crippen LogP contribution >= 0.6 is 0 Å². The molecule has 0 amide bonds. The Kier molecular flexibility index (Phi) is 3.21. The highest BCUT2D eigenvalue weighted by molar-refractivity contribution is 5.69. The zero-order valence-electron chi connectivity index (χ0n) is 11.1. The van der Waals surface area contributed by atoms with Crippen LogP contribution < -0.4 is 0 Å². The average molecular weight is 235 g/mol. The van der Waals surface area contributed by atoms with E-state index in [4.69, 9.17) is 5.26 Å². The third-order valence-electron chi connectivity index (χ3n) is 3.06. The summed E-state index contributed by atoms with van der Waals surface area (Å²) in [6.45, 7) is 6.65. The molecule has 0 aromatic heterocycles. The summed E-state index contributed by atoms with van der Waals surface area (Å²) < 4.78 is 0. The van der Waals surface area contributed by atoms with Gasteiger partial charge in [-0.2, -0.15) is 5.26 Å². The lowest BCUT2D eigenvalue weighted by molar-refractivity contribution is 0.592. The van der Waals surface area contributed by atoms with E-state index in [-0.39, 0.29) is 5.41 Å². The predicted octanol–water partition coefficient (Wildman–Crippen LogP) is 4.52. The number of benzene rings is 2. The topological polar surface area (TPSA) is 23.8 Å². The van der Waals surface area contributed by atoms with Crippen molar-refractivity contribution in [3.05, 3.63) is 59.7 Å². The number of rotatable bonds is 1. The van der Waals surface area contributed by atoms with Gasteiger partial charge in [0.1, 0.15) is 0 Å². The van der Waals surface area contributed by atoms with E-state index in [0.29, 0.717) is 5.56 Å². The summed E-state index contributed by atoms with van der Waals surface area (Å²) in [6.07, 6.45) is 0. The van der Waals surface area contributed by atoms with Gasteiger partial charge in [0.15, 0.2) is 0 Å². The number of hydrogen-bond acceptors (Lipinski definition) is 1. The van der Waals surface area contributed by atoms with E-state index in [2.05, 4.69) is 51.1 Å². The lowest BCUT2D eigenvalue weighted by Gasteiger charge is -2.23. The van der Waals surface area contributed by atoms with Crippen molar-refractivity contribution < 1.29 is 0 Å². The minimum Gasteiger partial charge on any atom is -0.192 e. The smallest absolute Gasteiger partial charge is 0.0991 e. The molecule has 0 fully saturated rings. The molecule has 2 aromatic rings. The van der Waals surface area contributed by atoms with Gasteiger partial charge >= 0.3 is 0 Å². The van der Waals surface area contributed by atoms with Gasteiger partial charge in [-0.15, -0.1) is 0 Å². The molecule has 0 saturated carbocycles. The van der Waals surface area contributed by atoms with Crippen LogP contribution in [-0.4, -0.2) is 0 Å². The molecule has 0 spiro atoms. The van der Waals surface area contributed by atoms with E-state index < -0.39 is 0 Å². The van der Waals surface area contributed by atoms with Crippen LogP contribution in [0.1, 0.15) is 31.9 Å². The average Bonchev–Trinajstić information content (AvgIpc) is 2.38. The van der Waals surface area contributed by atoms with E-state index in [1.807, 2.05) is 24.3 Å². The second kappa shape index (κ2) is 4.66. The Morgan fingerprint density at radius 1 is 0.889 bits per heavy atom. The van der Waals surface area contributed by atoms with Crippen molar-refractivity contribution in [1.82, 2.24) is 0 Å². The monoisotopic (exact) mass is 235 g/mol. The molecular formula is C17H17N. The molecular weight excluding hydrogens is 218 g/mol. The zero-order valence-corrected chi connectivity index (χ0v) is 11.1.